The zero-order valence-corrected chi connectivity index (χ0v) is 16.8. The normalized spacial score (nSPS) is 13.0. The highest BCUT2D eigenvalue weighted by Crippen LogP contribution is 2.24. The van der Waals surface area contributed by atoms with Gasteiger partial charge in [-0.2, -0.15) is 5.10 Å². The third kappa shape index (κ3) is 4.60. The van der Waals surface area contributed by atoms with Gasteiger partial charge in [0.05, 0.1) is 17.5 Å². The molecule has 5 nitrogen and oxygen atoms in total. The standard InChI is InChI=1S/C19H23N3O2S2/c1-14-6-8-17(9-7-14)13-26(23,24)20-12-18(19-5-4-10-25-19)22-16(3)11-15(2)21-22/h4-11,18,20H,12-13H2,1-3H3. The summed E-state index contributed by atoms with van der Waals surface area (Å²) in [6.45, 7) is 6.19. The molecule has 0 fully saturated rings. The van der Waals surface area contributed by atoms with E-state index >= 15 is 0 Å². The van der Waals surface area contributed by atoms with Gasteiger partial charge in [-0.1, -0.05) is 35.9 Å². The van der Waals surface area contributed by atoms with Crippen LogP contribution in [0.1, 0.15) is 33.4 Å². The molecule has 1 unspecified atom stereocenters. The summed E-state index contributed by atoms with van der Waals surface area (Å²) in [7, 11) is -3.43. The largest absolute Gasteiger partial charge is 0.260 e. The van der Waals surface area contributed by atoms with Crippen molar-refractivity contribution in [2.75, 3.05) is 6.54 Å². The lowest BCUT2D eigenvalue weighted by Crippen LogP contribution is -2.32. The molecule has 1 N–H and O–H groups in total. The minimum Gasteiger partial charge on any atom is -0.260 e. The smallest absolute Gasteiger partial charge is 0.215 e. The van der Waals surface area contributed by atoms with E-state index in [-0.39, 0.29) is 18.3 Å². The van der Waals surface area contributed by atoms with E-state index in [1.165, 1.54) is 0 Å². The van der Waals surface area contributed by atoms with Gasteiger partial charge in [-0.25, -0.2) is 13.1 Å². The van der Waals surface area contributed by atoms with E-state index in [9.17, 15) is 8.42 Å². The van der Waals surface area contributed by atoms with Gasteiger partial charge in [0.2, 0.25) is 10.0 Å². The predicted octanol–water partition coefficient (Wildman–Crippen LogP) is 3.58. The van der Waals surface area contributed by atoms with Crippen molar-refractivity contribution in [2.45, 2.75) is 32.6 Å². The molecule has 2 aromatic heterocycles. The monoisotopic (exact) mass is 389 g/mol. The minimum absolute atomic E-state index is 0.0262. The lowest BCUT2D eigenvalue weighted by Gasteiger charge is -2.19. The van der Waals surface area contributed by atoms with Crippen LogP contribution in [0.15, 0.2) is 47.8 Å². The Morgan fingerprint density at radius 1 is 1.15 bits per heavy atom. The average molecular weight is 390 g/mol. The lowest BCUT2D eigenvalue weighted by atomic mass is 10.2. The summed E-state index contributed by atoms with van der Waals surface area (Å²) in [4.78, 5) is 1.08. The second-order valence-electron chi connectivity index (χ2n) is 6.50. The Hall–Kier alpha value is -1.96. The van der Waals surface area contributed by atoms with Gasteiger partial charge in [-0.3, -0.25) is 4.68 Å². The fraction of sp³-hybridized carbons (Fsp3) is 0.316. The first kappa shape index (κ1) is 18.8. The van der Waals surface area contributed by atoms with E-state index in [4.69, 9.17) is 0 Å². The molecule has 0 spiro atoms. The van der Waals surface area contributed by atoms with Crippen molar-refractivity contribution >= 4 is 21.4 Å². The molecular formula is C19H23N3O2S2. The van der Waals surface area contributed by atoms with Crippen LogP contribution in [-0.4, -0.2) is 24.7 Å². The topological polar surface area (TPSA) is 64.0 Å². The number of rotatable bonds is 7. The Balaban J connectivity index is 1.77. The third-order valence-corrected chi connectivity index (χ3v) is 6.48. The predicted molar refractivity (Wildman–Crippen MR) is 106 cm³/mol. The molecule has 0 bridgehead atoms. The molecule has 0 saturated carbocycles. The summed E-state index contributed by atoms with van der Waals surface area (Å²) in [5, 5.41) is 6.54. The first-order valence-electron chi connectivity index (χ1n) is 8.43. The highest BCUT2D eigenvalue weighted by atomic mass is 32.2. The maximum absolute atomic E-state index is 12.5. The number of hydrogen-bond acceptors (Lipinski definition) is 4. The van der Waals surface area contributed by atoms with Crippen LogP contribution in [0, 0.1) is 20.8 Å². The van der Waals surface area contributed by atoms with Gasteiger partial charge in [0, 0.05) is 17.1 Å². The van der Waals surface area contributed by atoms with E-state index in [0.717, 1.165) is 27.4 Å². The molecule has 7 heteroatoms. The Morgan fingerprint density at radius 2 is 1.88 bits per heavy atom. The van der Waals surface area contributed by atoms with Crippen LogP contribution in [0.3, 0.4) is 0 Å². The maximum Gasteiger partial charge on any atom is 0.215 e. The van der Waals surface area contributed by atoms with Crippen LogP contribution in [0.25, 0.3) is 0 Å². The van der Waals surface area contributed by atoms with Gasteiger partial charge >= 0.3 is 0 Å². The summed E-state index contributed by atoms with van der Waals surface area (Å²) >= 11 is 1.60. The van der Waals surface area contributed by atoms with E-state index in [2.05, 4.69) is 9.82 Å². The van der Waals surface area contributed by atoms with Crippen molar-refractivity contribution in [2.24, 2.45) is 0 Å². The molecule has 1 atom stereocenters. The van der Waals surface area contributed by atoms with Gasteiger partial charge in [0.15, 0.2) is 0 Å². The van der Waals surface area contributed by atoms with Crippen LogP contribution in [0.2, 0.25) is 0 Å². The van der Waals surface area contributed by atoms with E-state index in [1.807, 2.05) is 73.3 Å². The average Bonchev–Trinajstić information content (AvgIpc) is 3.20. The molecule has 0 saturated heterocycles. The first-order valence-corrected chi connectivity index (χ1v) is 11.0. The van der Waals surface area contributed by atoms with Gasteiger partial charge in [0.25, 0.3) is 0 Å². The Bertz CT molecular complexity index is 959. The summed E-state index contributed by atoms with van der Waals surface area (Å²) in [6.07, 6.45) is 0. The molecule has 3 rings (SSSR count). The number of aromatic nitrogens is 2. The summed E-state index contributed by atoms with van der Waals surface area (Å²) in [5.41, 5.74) is 3.83. The van der Waals surface area contributed by atoms with Gasteiger partial charge < -0.3 is 0 Å². The molecule has 138 valence electrons. The lowest BCUT2D eigenvalue weighted by molar-refractivity contribution is 0.499. The molecule has 0 radical (unpaired) electrons. The number of thiophene rings is 1. The fourth-order valence-corrected chi connectivity index (χ4v) is 4.87. The van der Waals surface area contributed by atoms with Crippen molar-refractivity contribution in [1.82, 2.24) is 14.5 Å². The Labute approximate surface area is 158 Å². The highest BCUT2D eigenvalue weighted by Gasteiger charge is 2.21. The van der Waals surface area contributed by atoms with E-state index in [0.29, 0.717) is 0 Å². The zero-order chi connectivity index (χ0) is 18.7. The molecule has 0 aliphatic rings. The van der Waals surface area contributed by atoms with Crippen molar-refractivity contribution in [3.63, 3.8) is 0 Å². The third-order valence-electron chi connectivity index (χ3n) is 4.19. The maximum atomic E-state index is 12.5. The van der Waals surface area contributed by atoms with Crippen molar-refractivity contribution < 1.29 is 8.42 Å². The molecule has 0 aliphatic heterocycles. The van der Waals surface area contributed by atoms with Gasteiger partial charge in [-0.05, 0) is 43.8 Å². The quantitative estimate of drug-likeness (QED) is 0.672. The van der Waals surface area contributed by atoms with Crippen LogP contribution in [0.5, 0.6) is 0 Å². The summed E-state index contributed by atoms with van der Waals surface area (Å²) in [6, 6.07) is 13.4. The minimum atomic E-state index is -3.43. The van der Waals surface area contributed by atoms with Crippen molar-refractivity contribution in [3.8, 4) is 0 Å². The van der Waals surface area contributed by atoms with Gasteiger partial charge in [-0.15, -0.1) is 11.3 Å². The van der Waals surface area contributed by atoms with Gasteiger partial charge in [0.1, 0.15) is 0 Å². The molecule has 1 aromatic carbocycles. The fourth-order valence-electron chi connectivity index (χ4n) is 2.91. The Morgan fingerprint density at radius 3 is 2.46 bits per heavy atom. The second kappa shape index (κ2) is 7.73. The highest BCUT2D eigenvalue weighted by molar-refractivity contribution is 7.88. The van der Waals surface area contributed by atoms with Crippen LogP contribution < -0.4 is 4.72 Å². The van der Waals surface area contributed by atoms with Crippen LogP contribution >= 0.6 is 11.3 Å². The van der Waals surface area contributed by atoms with Crippen LogP contribution in [0.4, 0.5) is 0 Å². The van der Waals surface area contributed by atoms with Crippen LogP contribution in [-0.2, 0) is 15.8 Å². The Kier molecular flexibility index (Phi) is 5.60. The van der Waals surface area contributed by atoms with Crippen molar-refractivity contribution in [3.05, 3.63) is 75.2 Å². The summed E-state index contributed by atoms with van der Waals surface area (Å²) in [5.74, 6) is -0.0262. The van der Waals surface area contributed by atoms with E-state index in [1.54, 1.807) is 11.3 Å². The number of sulfonamides is 1. The van der Waals surface area contributed by atoms with E-state index < -0.39 is 10.0 Å². The molecule has 26 heavy (non-hydrogen) atoms. The van der Waals surface area contributed by atoms with Crippen molar-refractivity contribution in [1.29, 1.82) is 0 Å². The molecular weight excluding hydrogens is 366 g/mol. The summed E-state index contributed by atoms with van der Waals surface area (Å²) < 4.78 is 29.7. The number of nitrogens with zero attached hydrogens (tertiary/aromatic N) is 2. The number of benzene rings is 1. The molecule has 2 heterocycles. The molecule has 0 aliphatic carbocycles. The number of nitrogens with one attached hydrogen (secondary N) is 1. The SMILES string of the molecule is Cc1ccc(CS(=O)(=O)NCC(c2cccs2)n2nc(C)cc2C)cc1. The number of hydrogen-bond donors (Lipinski definition) is 1. The molecule has 0 amide bonds. The number of aryl methyl sites for hydroxylation is 3. The second-order valence-corrected chi connectivity index (χ2v) is 9.28. The molecule has 3 aromatic rings. The first-order chi connectivity index (χ1) is 12.3. The zero-order valence-electron chi connectivity index (χ0n) is 15.1.